The van der Waals surface area contributed by atoms with E-state index < -0.39 is 16.7 Å². The molecule has 27 heavy (non-hydrogen) atoms. The SMILES string of the molecule is C=CCNC(=O)/C(=C\c1cccc([N+](=O)[O-])c1)NC(=O)c1ccc(Br)cc1. The molecule has 0 spiro atoms. The van der Waals surface area contributed by atoms with E-state index in [4.69, 9.17) is 0 Å². The van der Waals surface area contributed by atoms with E-state index in [2.05, 4.69) is 33.1 Å². The Hall–Kier alpha value is -3.26. The zero-order valence-electron chi connectivity index (χ0n) is 14.1. The molecule has 2 aromatic carbocycles. The van der Waals surface area contributed by atoms with Gasteiger partial charge in [0.15, 0.2) is 0 Å². The fraction of sp³-hybridized carbons (Fsp3) is 0.0526. The molecule has 0 saturated heterocycles. The van der Waals surface area contributed by atoms with Gasteiger partial charge < -0.3 is 10.6 Å². The van der Waals surface area contributed by atoms with Crippen molar-refractivity contribution in [1.82, 2.24) is 10.6 Å². The maximum atomic E-state index is 12.4. The van der Waals surface area contributed by atoms with Crippen LogP contribution >= 0.6 is 15.9 Å². The lowest BCUT2D eigenvalue weighted by atomic mass is 10.1. The van der Waals surface area contributed by atoms with E-state index in [9.17, 15) is 19.7 Å². The lowest BCUT2D eigenvalue weighted by Gasteiger charge is -2.10. The van der Waals surface area contributed by atoms with E-state index in [0.29, 0.717) is 11.1 Å². The molecule has 0 aliphatic carbocycles. The van der Waals surface area contributed by atoms with E-state index >= 15 is 0 Å². The summed E-state index contributed by atoms with van der Waals surface area (Å²) in [5, 5.41) is 16.0. The van der Waals surface area contributed by atoms with Gasteiger partial charge in [0.1, 0.15) is 5.70 Å². The normalized spacial score (nSPS) is 10.8. The van der Waals surface area contributed by atoms with Crippen LogP contribution in [0.2, 0.25) is 0 Å². The zero-order valence-corrected chi connectivity index (χ0v) is 15.7. The number of benzene rings is 2. The second-order valence-electron chi connectivity index (χ2n) is 5.37. The van der Waals surface area contributed by atoms with E-state index in [0.717, 1.165) is 4.47 Å². The van der Waals surface area contributed by atoms with Crippen molar-refractivity contribution in [2.24, 2.45) is 0 Å². The Kier molecular flexibility index (Phi) is 7.01. The largest absolute Gasteiger partial charge is 0.347 e. The molecule has 0 radical (unpaired) electrons. The topological polar surface area (TPSA) is 101 Å². The smallest absolute Gasteiger partial charge is 0.270 e. The Labute approximate surface area is 164 Å². The number of halogens is 1. The van der Waals surface area contributed by atoms with Crippen molar-refractivity contribution in [1.29, 1.82) is 0 Å². The number of carbonyl (C=O) groups excluding carboxylic acids is 2. The average molecular weight is 430 g/mol. The molecule has 2 rings (SSSR count). The van der Waals surface area contributed by atoms with Gasteiger partial charge in [0.2, 0.25) is 0 Å². The Bertz CT molecular complexity index is 907. The van der Waals surface area contributed by atoms with Gasteiger partial charge in [0.05, 0.1) is 4.92 Å². The number of hydrogen-bond donors (Lipinski definition) is 2. The molecular weight excluding hydrogens is 414 g/mol. The minimum Gasteiger partial charge on any atom is -0.347 e. The molecule has 8 heteroatoms. The number of non-ortho nitro benzene ring substituents is 1. The third-order valence-corrected chi connectivity index (χ3v) is 3.93. The molecule has 0 saturated carbocycles. The van der Waals surface area contributed by atoms with Crippen LogP contribution < -0.4 is 10.6 Å². The molecule has 0 aliphatic rings. The first-order valence-corrected chi connectivity index (χ1v) is 8.62. The van der Waals surface area contributed by atoms with Gasteiger partial charge in [-0.3, -0.25) is 19.7 Å². The number of nitrogens with zero attached hydrogens (tertiary/aromatic N) is 1. The Morgan fingerprint density at radius 3 is 2.52 bits per heavy atom. The van der Waals surface area contributed by atoms with Gasteiger partial charge in [-0.2, -0.15) is 0 Å². The second-order valence-corrected chi connectivity index (χ2v) is 6.29. The number of rotatable bonds is 7. The average Bonchev–Trinajstić information content (AvgIpc) is 2.66. The molecule has 0 aromatic heterocycles. The molecule has 0 fully saturated rings. The third-order valence-electron chi connectivity index (χ3n) is 3.40. The maximum absolute atomic E-state index is 12.4. The first-order valence-electron chi connectivity index (χ1n) is 7.83. The molecule has 138 valence electrons. The first kappa shape index (κ1) is 20.1. The second kappa shape index (κ2) is 9.44. The maximum Gasteiger partial charge on any atom is 0.270 e. The van der Waals surface area contributed by atoms with Gasteiger partial charge in [-0.25, -0.2) is 0 Å². The van der Waals surface area contributed by atoms with Crippen molar-refractivity contribution in [3.8, 4) is 0 Å². The Morgan fingerprint density at radius 1 is 1.19 bits per heavy atom. The quantitative estimate of drug-likeness (QED) is 0.304. The van der Waals surface area contributed by atoms with Crippen LogP contribution in [-0.4, -0.2) is 23.3 Å². The summed E-state index contributed by atoms with van der Waals surface area (Å²) in [4.78, 5) is 35.2. The number of nitro benzene ring substituents is 1. The molecule has 0 aliphatic heterocycles. The van der Waals surface area contributed by atoms with E-state index in [1.165, 1.54) is 30.4 Å². The predicted molar refractivity (Wildman–Crippen MR) is 106 cm³/mol. The van der Waals surface area contributed by atoms with Crippen LogP contribution in [-0.2, 0) is 4.79 Å². The fourth-order valence-corrected chi connectivity index (χ4v) is 2.37. The summed E-state index contributed by atoms with van der Waals surface area (Å²) in [5.74, 6) is -1.01. The molecule has 0 heterocycles. The fourth-order valence-electron chi connectivity index (χ4n) is 2.11. The van der Waals surface area contributed by atoms with Crippen LogP contribution in [0.25, 0.3) is 6.08 Å². The minimum absolute atomic E-state index is 0.0368. The highest BCUT2D eigenvalue weighted by atomic mass is 79.9. The van der Waals surface area contributed by atoms with Crippen molar-refractivity contribution in [2.45, 2.75) is 0 Å². The molecule has 2 aromatic rings. The number of nitro groups is 1. The summed E-state index contributed by atoms with van der Waals surface area (Å²) < 4.78 is 0.815. The molecule has 2 N–H and O–H groups in total. The summed E-state index contributed by atoms with van der Waals surface area (Å²) in [6, 6.07) is 12.4. The first-order chi connectivity index (χ1) is 12.9. The third kappa shape index (κ3) is 5.89. The molecule has 0 bridgehead atoms. The van der Waals surface area contributed by atoms with Crippen LogP contribution in [0.3, 0.4) is 0 Å². The van der Waals surface area contributed by atoms with Gasteiger partial charge in [-0.15, -0.1) is 6.58 Å². The standard InChI is InChI=1S/C19H16BrN3O4/c1-2-10-21-19(25)17(12-13-4-3-5-16(11-13)23(26)27)22-18(24)14-6-8-15(20)9-7-14/h2-9,11-12H,1,10H2,(H,21,25)(H,22,24)/b17-12+. The Morgan fingerprint density at radius 2 is 1.89 bits per heavy atom. The van der Waals surface area contributed by atoms with Crippen LogP contribution in [0, 0.1) is 10.1 Å². The van der Waals surface area contributed by atoms with E-state index in [1.807, 2.05) is 0 Å². The number of hydrogen-bond acceptors (Lipinski definition) is 4. The van der Waals surface area contributed by atoms with Crippen molar-refractivity contribution < 1.29 is 14.5 Å². The van der Waals surface area contributed by atoms with Gasteiger partial charge >= 0.3 is 0 Å². The van der Waals surface area contributed by atoms with Gasteiger partial charge in [0.25, 0.3) is 17.5 Å². The van der Waals surface area contributed by atoms with Crippen LogP contribution in [0.5, 0.6) is 0 Å². The Balaban J connectivity index is 2.32. The number of carbonyl (C=O) groups is 2. The summed E-state index contributed by atoms with van der Waals surface area (Å²) >= 11 is 3.29. The van der Waals surface area contributed by atoms with Gasteiger partial charge in [0, 0.05) is 28.7 Å². The van der Waals surface area contributed by atoms with Gasteiger partial charge in [-0.1, -0.05) is 34.1 Å². The van der Waals surface area contributed by atoms with Crippen LogP contribution in [0.15, 0.2) is 71.4 Å². The van der Waals surface area contributed by atoms with Crippen LogP contribution in [0.1, 0.15) is 15.9 Å². The van der Waals surface area contributed by atoms with E-state index in [-0.39, 0.29) is 17.9 Å². The summed E-state index contributed by atoms with van der Waals surface area (Å²) in [7, 11) is 0. The minimum atomic E-state index is -0.535. The molecular formula is C19H16BrN3O4. The molecule has 0 atom stereocenters. The van der Waals surface area contributed by atoms with Crippen LogP contribution in [0.4, 0.5) is 5.69 Å². The van der Waals surface area contributed by atoms with Crippen molar-refractivity contribution in [2.75, 3.05) is 6.54 Å². The number of nitrogens with one attached hydrogen (secondary N) is 2. The predicted octanol–water partition coefficient (Wildman–Crippen LogP) is 3.43. The lowest BCUT2D eigenvalue weighted by Crippen LogP contribution is -2.34. The summed E-state index contributed by atoms with van der Waals surface area (Å²) in [6.07, 6.45) is 2.88. The van der Waals surface area contributed by atoms with Crippen molar-refractivity contribution >= 4 is 39.5 Å². The summed E-state index contributed by atoms with van der Waals surface area (Å²) in [6.45, 7) is 3.73. The molecule has 7 nitrogen and oxygen atoms in total. The highest BCUT2D eigenvalue weighted by molar-refractivity contribution is 9.10. The monoisotopic (exact) mass is 429 g/mol. The zero-order chi connectivity index (χ0) is 19.8. The van der Waals surface area contributed by atoms with Crippen molar-refractivity contribution in [3.63, 3.8) is 0 Å². The van der Waals surface area contributed by atoms with Gasteiger partial charge in [-0.05, 0) is 35.9 Å². The highest BCUT2D eigenvalue weighted by Crippen LogP contribution is 2.16. The summed E-state index contributed by atoms with van der Waals surface area (Å²) in [5.41, 5.74) is 0.614. The van der Waals surface area contributed by atoms with E-state index in [1.54, 1.807) is 30.3 Å². The highest BCUT2D eigenvalue weighted by Gasteiger charge is 2.15. The number of amides is 2. The molecule has 0 unspecified atom stereocenters. The molecule has 2 amide bonds. The van der Waals surface area contributed by atoms with Crippen molar-refractivity contribution in [3.05, 3.63) is 92.6 Å². The lowest BCUT2D eigenvalue weighted by molar-refractivity contribution is -0.384.